The van der Waals surface area contributed by atoms with Gasteiger partial charge in [-0.2, -0.15) is 0 Å². The first-order valence-electron chi connectivity index (χ1n) is 4.70. The molecule has 1 aliphatic heterocycles. The number of aliphatic hydroxyl groups is 4. The molecule has 5 atom stereocenters. The molecule has 0 aromatic carbocycles. The highest BCUT2D eigenvalue weighted by molar-refractivity contribution is 5.05. The van der Waals surface area contributed by atoms with Crippen molar-refractivity contribution in [2.24, 2.45) is 0 Å². The van der Waals surface area contributed by atoms with Gasteiger partial charge < -0.3 is 29.9 Å². The third-order valence-corrected chi connectivity index (χ3v) is 2.90. The minimum atomic E-state index is -1.73. The molecule has 15 heavy (non-hydrogen) atoms. The van der Waals surface area contributed by atoms with Crippen molar-refractivity contribution in [3.05, 3.63) is 0 Å². The zero-order valence-corrected chi connectivity index (χ0v) is 9.04. The molecule has 6 nitrogen and oxygen atoms in total. The van der Waals surface area contributed by atoms with Gasteiger partial charge in [0.05, 0.1) is 6.61 Å². The lowest BCUT2D eigenvalue weighted by atomic mass is 9.79. The predicted molar refractivity (Wildman–Crippen MR) is 50.0 cm³/mol. The summed E-state index contributed by atoms with van der Waals surface area (Å²) in [5.41, 5.74) is -3.46. The molecule has 1 aliphatic rings. The zero-order chi connectivity index (χ0) is 11.9. The fourth-order valence-electron chi connectivity index (χ4n) is 1.84. The second-order valence-corrected chi connectivity index (χ2v) is 4.23. The van der Waals surface area contributed by atoms with Gasteiger partial charge in [-0.15, -0.1) is 0 Å². The lowest BCUT2D eigenvalue weighted by Crippen LogP contribution is -2.71. The third kappa shape index (κ3) is 1.89. The minimum absolute atomic E-state index is 0.472. The van der Waals surface area contributed by atoms with E-state index in [0.29, 0.717) is 0 Å². The number of rotatable bonds is 2. The lowest BCUT2D eigenvalue weighted by molar-refractivity contribution is -0.355. The monoisotopic (exact) mass is 222 g/mol. The van der Waals surface area contributed by atoms with Crippen LogP contribution in [-0.2, 0) is 9.47 Å². The highest BCUT2D eigenvalue weighted by Crippen LogP contribution is 2.36. The van der Waals surface area contributed by atoms with Crippen LogP contribution in [0.15, 0.2) is 0 Å². The van der Waals surface area contributed by atoms with E-state index in [4.69, 9.17) is 14.6 Å². The van der Waals surface area contributed by atoms with E-state index in [1.807, 2.05) is 0 Å². The quantitative estimate of drug-likeness (QED) is 0.440. The summed E-state index contributed by atoms with van der Waals surface area (Å²) < 4.78 is 10.0. The van der Waals surface area contributed by atoms with Crippen molar-refractivity contribution >= 4 is 0 Å². The Morgan fingerprint density at radius 1 is 1.27 bits per heavy atom. The van der Waals surface area contributed by atoms with Crippen molar-refractivity contribution in [2.75, 3.05) is 13.7 Å². The summed E-state index contributed by atoms with van der Waals surface area (Å²) in [6.07, 6.45) is -3.57. The van der Waals surface area contributed by atoms with Gasteiger partial charge in [0.1, 0.15) is 23.4 Å². The van der Waals surface area contributed by atoms with Gasteiger partial charge in [0.15, 0.2) is 6.29 Å². The molecule has 1 rings (SSSR count). The van der Waals surface area contributed by atoms with Crippen LogP contribution in [-0.4, -0.2) is 63.8 Å². The van der Waals surface area contributed by atoms with Crippen LogP contribution < -0.4 is 0 Å². The number of hydrogen-bond donors (Lipinski definition) is 4. The van der Waals surface area contributed by atoms with E-state index in [2.05, 4.69) is 0 Å². The normalized spacial score (nSPS) is 51.8. The van der Waals surface area contributed by atoms with E-state index < -0.39 is 36.3 Å². The van der Waals surface area contributed by atoms with Crippen molar-refractivity contribution in [1.29, 1.82) is 0 Å². The Balaban J connectivity index is 2.99. The van der Waals surface area contributed by atoms with Crippen LogP contribution in [0.25, 0.3) is 0 Å². The van der Waals surface area contributed by atoms with E-state index >= 15 is 0 Å². The molecule has 0 radical (unpaired) electrons. The molecule has 1 saturated heterocycles. The van der Waals surface area contributed by atoms with Crippen molar-refractivity contribution in [1.82, 2.24) is 0 Å². The molecule has 4 N–H and O–H groups in total. The Morgan fingerprint density at radius 3 is 2.20 bits per heavy atom. The van der Waals surface area contributed by atoms with Gasteiger partial charge in [-0.3, -0.25) is 0 Å². The first kappa shape index (κ1) is 12.8. The summed E-state index contributed by atoms with van der Waals surface area (Å²) in [7, 11) is 1.31. The second kappa shape index (κ2) is 3.97. The van der Waals surface area contributed by atoms with Crippen molar-refractivity contribution in [3.8, 4) is 0 Å². The van der Waals surface area contributed by atoms with Crippen molar-refractivity contribution in [2.45, 2.75) is 43.5 Å². The molecule has 1 heterocycles. The Kier molecular flexibility index (Phi) is 3.39. The van der Waals surface area contributed by atoms with Crippen LogP contribution in [0.5, 0.6) is 0 Å². The fraction of sp³-hybridized carbons (Fsp3) is 1.00. The lowest BCUT2D eigenvalue weighted by Gasteiger charge is -2.50. The Labute approximate surface area is 88.1 Å². The summed E-state index contributed by atoms with van der Waals surface area (Å²) in [5.74, 6) is 0. The molecule has 0 saturated carbocycles. The molecular formula is C9H18O6. The molecule has 0 aliphatic carbocycles. The van der Waals surface area contributed by atoms with E-state index in [-0.39, 0.29) is 0 Å². The largest absolute Gasteiger partial charge is 0.394 e. The maximum absolute atomic E-state index is 9.91. The van der Waals surface area contributed by atoms with Crippen LogP contribution in [0, 0.1) is 0 Å². The van der Waals surface area contributed by atoms with Crippen LogP contribution in [0.3, 0.4) is 0 Å². The van der Waals surface area contributed by atoms with Gasteiger partial charge in [-0.1, -0.05) is 0 Å². The number of aliphatic hydroxyl groups excluding tert-OH is 2. The van der Waals surface area contributed by atoms with Crippen LogP contribution in [0.4, 0.5) is 0 Å². The van der Waals surface area contributed by atoms with E-state index in [1.54, 1.807) is 0 Å². The zero-order valence-electron chi connectivity index (χ0n) is 9.04. The maximum Gasteiger partial charge on any atom is 0.188 e. The van der Waals surface area contributed by atoms with Crippen molar-refractivity contribution in [3.63, 3.8) is 0 Å². The smallest absolute Gasteiger partial charge is 0.188 e. The number of ether oxygens (including phenoxy) is 2. The highest BCUT2D eigenvalue weighted by Gasteiger charge is 2.58. The first-order chi connectivity index (χ1) is 6.78. The summed E-state index contributed by atoms with van der Waals surface area (Å²) in [6.45, 7) is 2.12. The van der Waals surface area contributed by atoms with E-state index in [9.17, 15) is 15.3 Å². The molecule has 1 fully saturated rings. The Hall–Kier alpha value is -0.240. The SMILES string of the molecule is CO[C@@H]1O[C@H](CO)[C@](C)(O)[C@H](O)[C@@]1(C)O. The summed E-state index contributed by atoms with van der Waals surface area (Å²) in [4.78, 5) is 0. The average Bonchev–Trinajstić information content (AvgIpc) is 2.15. The molecule has 0 aromatic rings. The van der Waals surface area contributed by atoms with Crippen LogP contribution in [0.2, 0.25) is 0 Å². The fourth-order valence-corrected chi connectivity index (χ4v) is 1.84. The minimum Gasteiger partial charge on any atom is -0.394 e. The average molecular weight is 222 g/mol. The molecular weight excluding hydrogens is 204 g/mol. The first-order valence-corrected chi connectivity index (χ1v) is 4.70. The topological polar surface area (TPSA) is 99.4 Å². The molecule has 90 valence electrons. The standard InChI is InChI=1S/C9H18O6/c1-8(12)5(4-10)15-7(14-3)9(2,13)6(8)11/h5-7,10-13H,4H2,1-3H3/t5-,6+,7-,8+,9-/m1/s1. The Bertz CT molecular complexity index is 205. The molecule has 0 spiro atoms. The van der Waals surface area contributed by atoms with E-state index in [1.165, 1.54) is 21.0 Å². The van der Waals surface area contributed by atoms with Crippen molar-refractivity contribution < 1.29 is 29.9 Å². The van der Waals surface area contributed by atoms with Crippen LogP contribution >= 0.6 is 0 Å². The predicted octanol–water partition coefficient (Wildman–Crippen LogP) is -1.79. The van der Waals surface area contributed by atoms with E-state index in [0.717, 1.165) is 0 Å². The summed E-state index contributed by atoms with van der Waals surface area (Å²) >= 11 is 0. The van der Waals surface area contributed by atoms with Gasteiger partial charge in [0.2, 0.25) is 0 Å². The Morgan fingerprint density at radius 2 is 1.80 bits per heavy atom. The second-order valence-electron chi connectivity index (χ2n) is 4.23. The van der Waals surface area contributed by atoms with Crippen LogP contribution in [0.1, 0.15) is 13.8 Å². The molecule has 0 amide bonds. The summed E-state index contributed by atoms with van der Waals surface area (Å²) in [6, 6.07) is 0. The van der Waals surface area contributed by atoms with Gasteiger partial charge in [0.25, 0.3) is 0 Å². The van der Waals surface area contributed by atoms with Gasteiger partial charge in [-0.25, -0.2) is 0 Å². The van der Waals surface area contributed by atoms with Gasteiger partial charge in [0, 0.05) is 7.11 Å². The molecule has 0 bridgehead atoms. The third-order valence-electron chi connectivity index (χ3n) is 2.90. The maximum atomic E-state index is 9.91. The summed E-state index contributed by atoms with van der Waals surface area (Å²) in [5, 5.41) is 38.6. The van der Waals surface area contributed by atoms with Gasteiger partial charge in [-0.05, 0) is 13.8 Å². The number of hydrogen-bond acceptors (Lipinski definition) is 6. The van der Waals surface area contributed by atoms with Gasteiger partial charge >= 0.3 is 0 Å². The number of methoxy groups -OCH3 is 1. The molecule has 0 unspecified atom stereocenters. The molecule has 6 heteroatoms. The highest BCUT2D eigenvalue weighted by atomic mass is 16.7. The molecule has 0 aromatic heterocycles.